The quantitative estimate of drug-likeness (QED) is 0.740. The van der Waals surface area contributed by atoms with Crippen LogP contribution in [0.1, 0.15) is 13.3 Å². The van der Waals surface area contributed by atoms with E-state index in [9.17, 15) is 23.1 Å². The Labute approximate surface area is 95.9 Å². The molecule has 1 heterocycles. The molecule has 1 fully saturated rings. The molecule has 0 aromatic carbocycles. The topological polar surface area (TPSA) is 67.8 Å². The molecule has 1 rings (SSSR count). The van der Waals surface area contributed by atoms with Crippen LogP contribution in [0.15, 0.2) is 0 Å². The van der Waals surface area contributed by atoms with E-state index in [4.69, 9.17) is 9.47 Å². The highest BCUT2D eigenvalue weighted by Crippen LogP contribution is 2.23. The van der Waals surface area contributed by atoms with E-state index in [0.717, 1.165) is 0 Å². The number of carbonyl (C=O) groups is 1. The molecular weight excluding hydrogens is 243 g/mol. The van der Waals surface area contributed by atoms with E-state index < -0.39 is 36.6 Å². The van der Waals surface area contributed by atoms with Crippen molar-refractivity contribution in [3.05, 3.63) is 0 Å². The molecular formula is C9H14F3NO4. The lowest BCUT2D eigenvalue weighted by molar-refractivity contribution is -0.212. The Balaban J connectivity index is 2.69. The number of nitrogens with one attached hydrogen (secondary N) is 1. The van der Waals surface area contributed by atoms with Crippen LogP contribution in [-0.4, -0.2) is 48.8 Å². The number of aliphatic hydroxyl groups is 1. The highest BCUT2D eigenvalue weighted by Gasteiger charge is 2.44. The van der Waals surface area contributed by atoms with Gasteiger partial charge < -0.3 is 19.9 Å². The Bertz CT molecular complexity index is 284. The van der Waals surface area contributed by atoms with Crippen LogP contribution in [0.3, 0.4) is 0 Å². The first-order valence-electron chi connectivity index (χ1n) is 4.99. The normalized spacial score (nSPS) is 34.5. The van der Waals surface area contributed by atoms with Crippen LogP contribution < -0.4 is 5.32 Å². The minimum absolute atomic E-state index is 0.148. The van der Waals surface area contributed by atoms with Gasteiger partial charge >= 0.3 is 12.1 Å². The lowest BCUT2D eigenvalue weighted by atomic mass is 9.99. The number of hydrogen-bond acceptors (Lipinski definition) is 4. The Hall–Kier alpha value is -0.860. The van der Waals surface area contributed by atoms with E-state index >= 15 is 0 Å². The fourth-order valence-electron chi connectivity index (χ4n) is 1.81. The summed E-state index contributed by atoms with van der Waals surface area (Å²) >= 11 is 0. The average molecular weight is 257 g/mol. The van der Waals surface area contributed by atoms with Crippen LogP contribution >= 0.6 is 0 Å². The molecule has 0 aliphatic carbocycles. The Morgan fingerprint density at radius 3 is 2.59 bits per heavy atom. The molecule has 8 heteroatoms. The van der Waals surface area contributed by atoms with E-state index in [1.807, 2.05) is 0 Å². The fourth-order valence-corrected chi connectivity index (χ4v) is 1.81. The van der Waals surface area contributed by atoms with Crippen LogP contribution in [0.4, 0.5) is 13.2 Å². The summed E-state index contributed by atoms with van der Waals surface area (Å²) in [4.78, 5) is 10.8. The number of alkyl halides is 3. The molecule has 100 valence electrons. The van der Waals surface area contributed by atoms with E-state index in [1.54, 1.807) is 12.2 Å². The van der Waals surface area contributed by atoms with Gasteiger partial charge in [-0.25, -0.2) is 0 Å². The predicted molar refractivity (Wildman–Crippen MR) is 50.0 cm³/mol. The third-order valence-electron chi connectivity index (χ3n) is 2.53. The number of ether oxygens (including phenoxy) is 2. The second-order valence-electron chi connectivity index (χ2n) is 3.81. The summed E-state index contributed by atoms with van der Waals surface area (Å²) in [7, 11) is 1.30. The second-order valence-corrected chi connectivity index (χ2v) is 3.81. The summed E-state index contributed by atoms with van der Waals surface area (Å²) in [6.45, 7) is 1.54. The van der Waals surface area contributed by atoms with Gasteiger partial charge in [0.25, 0.3) is 0 Å². The highest BCUT2D eigenvalue weighted by molar-refractivity contribution is 5.82. The van der Waals surface area contributed by atoms with Gasteiger partial charge in [-0.15, -0.1) is 0 Å². The fraction of sp³-hybridized carbons (Fsp3) is 0.889. The maximum atomic E-state index is 12.1. The predicted octanol–water partition coefficient (Wildman–Crippen LogP) is 0.176. The van der Waals surface area contributed by atoms with Gasteiger partial charge in [0, 0.05) is 13.5 Å². The van der Waals surface area contributed by atoms with Crippen LogP contribution in [0.25, 0.3) is 0 Å². The number of rotatable bonds is 2. The van der Waals surface area contributed by atoms with Crippen LogP contribution in [0.5, 0.6) is 0 Å². The summed E-state index contributed by atoms with van der Waals surface area (Å²) < 4.78 is 46.2. The molecule has 0 spiro atoms. The van der Waals surface area contributed by atoms with Gasteiger partial charge in [-0.1, -0.05) is 0 Å². The number of carbonyl (C=O) groups excluding carboxylic acids is 1. The van der Waals surface area contributed by atoms with Gasteiger partial charge in [0.15, 0.2) is 6.29 Å². The van der Waals surface area contributed by atoms with Crippen molar-refractivity contribution in [3.8, 4) is 0 Å². The zero-order valence-electron chi connectivity index (χ0n) is 9.32. The Kier molecular flexibility index (Phi) is 4.34. The number of amides is 1. The zero-order chi connectivity index (χ0) is 13.2. The summed E-state index contributed by atoms with van der Waals surface area (Å²) in [6, 6.07) is -0.937. The zero-order valence-corrected chi connectivity index (χ0v) is 9.32. The Morgan fingerprint density at radius 2 is 2.12 bits per heavy atom. The minimum atomic E-state index is -4.95. The molecule has 4 atom stereocenters. The van der Waals surface area contributed by atoms with Gasteiger partial charge in [0.2, 0.25) is 0 Å². The molecule has 0 bridgehead atoms. The molecule has 0 saturated carbocycles. The monoisotopic (exact) mass is 257 g/mol. The third kappa shape index (κ3) is 3.55. The summed E-state index contributed by atoms with van der Waals surface area (Å²) in [5.41, 5.74) is 0. The number of aliphatic hydroxyl groups excluding tert-OH is 1. The molecule has 1 saturated heterocycles. The number of hydrogen-bond donors (Lipinski definition) is 2. The standard InChI is InChI=1S/C9H14F3NO4/c1-4-7(16-2)5(3-6(14)17-4)13-8(15)9(10,11)12/h4-7,14H,3H2,1-2H3,(H,13,15). The summed E-state index contributed by atoms with van der Waals surface area (Å²) in [6.07, 6.45) is -7.66. The van der Waals surface area contributed by atoms with Gasteiger partial charge in [0.05, 0.1) is 12.1 Å². The van der Waals surface area contributed by atoms with Gasteiger partial charge in [-0.05, 0) is 6.92 Å². The van der Waals surface area contributed by atoms with Crippen molar-refractivity contribution in [2.24, 2.45) is 0 Å². The van der Waals surface area contributed by atoms with Crippen molar-refractivity contribution >= 4 is 5.91 Å². The highest BCUT2D eigenvalue weighted by atomic mass is 19.4. The van der Waals surface area contributed by atoms with E-state index in [0.29, 0.717) is 0 Å². The average Bonchev–Trinajstić information content (AvgIpc) is 2.15. The van der Waals surface area contributed by atoms with Crippen LogP contribution in [0.2, 0.25) is 0 Å². The molecule has 0 radical (unpaired) electrons. The maximum Gasteiger partial charge on any atom is 0.471 e. The molecule has 2 N–H and O–H groups in total. The SMILES string of the molecule is COC1C(NC(=O)C(F)(F)F)CC(O)OC1C. The number of halogens is 3. The molecule has 17 heavy (non-hydrogen) atoms. The third-order valence-corrected chi connectivity index (χ3v) is 2.53. The molecule has 0 aromatic rings. The Morgan fingerprint density at radius 1 is 1.53 bits per heavy atom. The smallest absolute Gasteiger partial charge is 0.377 e. The number of methoxy groups -OCH3 is 1. The first-order chi connectivity index (χ1) is 7.75. The first-order valence-corrected chi connectivity index (χ1v) is 4.99. The molecule has 1 aliphatic heterocycles. The lowest BCUT2D eigenvalue weighted by Gasteiger charge is -2.38. The molecule has 4 unspecified atom stereocenters. The molecule has 5 nitrogen and oxygen atoms in total. The van der Waals surface area contributed by atoms with Crippen molar-refractivity contribution < 1.29 is 32.5 Å². The summed E-state index contributed by atoms with van der Waals surface area (Å²) in [5, 5.41) is 11.1. The van der Waals surface area contributed by atoms with Crippen molar-refractivity contribution in [1.82, 2.24) is 5.32 Å². The lowest BCUT2D eigenvalue weighted by Crippen LogP contribution is -2.57. The maximum absolute atomic E-state index is 12.1. The van der Waals surface area contributed by atoms with Crippen molar-refractivity contribution in [3.63, 3.8) is 0 Å². The van der Waals surface area contributed by atoms with Crippen molar-refractivity contribution in [1.29, 1.82) is 0 Å². The van der Waals surface area contributed by atoms with E-state index in [1.165, 1.54) is 7.11 Å². The summed E-state index contributed by atoms with van der Waals surface area (Å²) in [5.74, 6) is -2.05. The second kappa shape index (κ2) is 5.19. The minimum Gasteiger partial charge on any atom is -0.377 e. The van der Waals surface area contributed by atoms with Crippen LogP contribution in [0, 0.1) is 0 Å². The van der Waals surface area contributed by atoms with Crippen LogP contribution in [-0.2, 0) is 14.3 Å². The molecule has 0 aromatic heterocycles. The van der Waals surface area contributed by atoms with E-state index in [-0.39, 0.29) is 6.42 Å². The largest absolute Gasteiger partial charge is 0.471 e. The first kappa shape index (κ1) is 14.2. The van der Waals surface area contributed by atoms with Crippen molar-refractivity contribution in [2.45, 2.75) is 44.1 Å². The van der Waals surface area contributed by atoms with Gasteiger partial charge in [-0.3, -0.25) is 4.79 Å². The van der Waals surface area contributed by atoms with Gasteiger partial charge in [-0.2, -0.15) is 13.2 Å². The molecule has 1 aliphatic rings. The van der Waals surface area contributed by atoms with Crippen molar-refractivity contribution in [2.75, 3.05) is 7.11 Å². The van der Waals surface area contributed by atoms with Gasteiger partial charge in [0.1, 0.15) is 6.10 Å². The molecule has 1 amide bonds. The van der Waals surface area contributed by atoms with E-state index in [2.05, 4.69) is 0 Å².